The average Bonchev–Trinajstić information content (AvgIpc) is 2.39. The first kappa shape index (κ1) is 10.9. The van der Waals surface area contributed by atoms with Crippen molar-refractivity contribution < 1.29 is 4.48 Å². The first-order chi connectivity index (χ1) is 5.22. The number of hydrogen-bond donors (Lipinski definition) is 0. The predicted octanol–water partition coefficient (Wildman–Crippen LogP) is 3.02. The van der Waals surface area contributed by atoms with Crippen LogP contribution in [0.3, 0.4) is 0 Å². The van der Waals surface area contributed by atoms with Gasteiger partial charge in [0, 0.05) is 13.1 Å². The van der Waals surface area contributed by atoms with Crippen molar-refractivity contribution in [1.82, 2.24) is 5.12 Å². The van der Waals surface area contributed by atoms with Gasteiger partial charge in [-0.05, 0) is 18.8 Å². The van der Waals surface area contributed by atoms with Crippen molar-refractivity contribution >= 4 is 0 Å². The SMILES string of the molecule is CC.CC1CCCC1N(C)F. The molecule has 0 aromatic carbocycles. The van der Waals surface area contributed by atoms with Crippen molar-refractivity contribution in [3.8, 4) is 0 Å². The lowest BCUT2D eigenvalue weighted by molar-refractivity contribution is -0.00442. The molecular weight excluding hydrogens is 141 g/mol. The van der Waals surface area contributed by atoms with E-state index in [2.05, 4.69) is 6.92 Å². The summed E-state index contributed by atoms with van der Waals surface area (Å²) in [6.07, 6.45) is 3.42. The van der Waals surface area contributed by atoms with Gasteiger partial charge in [0.15, 0.2) is 0 Å². The van der Waals surface area contributed by atoms with Crippen LogP contribution in [-0.4, -0.2) is 18.2 Å². The van der Waals surface area contributed by atoms with Gasteiger partial charge in [-0.15, -0.1) is 9.60 Å². The minimum atomic E-state index is 0.199. The summed E-state index contributed by atoms with van der Waals surface area (Å²) < 4.78 is 12.5. The van der Waals surface area contributed by atoms with Gasteiger partial charge in [0.1, 0.15) is 0 Å². The minimum Gasteiger partial charge on any atom is -0.146 e. The summed E-state index contributed by atoms with van der Waals surface area (Å²) in [5, 5.41) is 0.859. The van der Waals surface area contributed by atoms with Crippen molar-refractivity contribution in [2.45, 2.75) is 46.1 Å². The fourth-order valence-corrected chi connectivity index (χ4v) is 1.65. The van der Waals surface area contributed by atoms with Crippen LogP contribution in [-0.2, 0) is 0 Å². The van der Waals surface area contributed by atoms with Gasteiger partial charge < -0.3 is 0 Å². The molecule has 2 atom stereocenters. The lowest BCUT2D eigenvalue weighted by atomic mass is 10.1. The molecule has 1 aliphatic rings. The van der Waals surface area contributed by atoms with E-state index in [0.29, 0.717) is 5.92 Å². The van der Waals surface area contributed by atoms with Gasteiger partial charge in [0.25, 0.3) is 0 Å². The van der Waals surface area contributed by atoms with Crippen molar-refractivity contribution in [2.24, 2.45) is 5.92 Å². The number of rotatable bonds is 1. The van der Waals surface area contributed by atoms with Crippen LogP contribution in [0.4, 0.5) is 4.48 Å². The molecular formula is C9H20FN. The Morgan fingerprint density at radius 1 is 1.27 bits per heavy atom. The first-order valence-electron chi connectivity index (χ1n) is 4.60. The van der Waals surface area contributed by atoms with Crippen LogP contribution < -0.4 is 0 Å². The Morgan fingerprint density at radius 2 is 1.82 bits per heavy atom. The van der Waals surface area contributed by atoms with Gasteiger partial charge in [-0.2, -0.15) is 0 Å². The maximum Gasteiger partial charge on any atom is 0.0424 e. The predicted molar refractivity (Wildman–Crippen MR) is 47.0 cm³/mol. The lowest BCUT2D eigenvalue weighted by Crippen LogP contribution is -2.26. The van der Waals surface area contributed by atoms with E-state index in [1.807, 2.05) is 13.8 Å². The largest absolute Gasteiger partial charge is 0.146 e. The molecule has 11 heavy (non-hydrogen) atoms. The molecule has 1 rings (SSSR count). The highest BCUT2D eigenvalue weighted by molar-refractivity contribution is 4.77. The van der Waals surface area contributed by atoms with Gasteiger partial charge in [-0.25, -0.2) is 0 Å². The van der Waals surface area contributed by atoms with Gasteiger partial charge in [0.05, 0.1) is 0 Å². The molecule has 0 radical (unpaired) electrons. The molecule has 1 fully saturated rings. The summed E-state index contributed by atoms with van der Waals surface area (Å²) in [7, 11) is 1.52. The fourth-order valence-electron chi connectivity index (χ4n) is 1.65. The Kier molecular flexibility index (Phi) is 5.47. The Labute approximate surface area is 69.5 Å². The second-order valence-corrected chi connectivity index (χ2v) is 3.00. The standard InChI is InChI=1S/C7H14FN.C2H6/c1-6-4-3-5-7(6)9(2)8;1-2/h6-7H,3-5H2,1-2H3;1-2H3. The molecule has 2 unspecified atom stereocenters. The van der Waals surface area contributed by atoms with Crippen molar-refractivity contribution in [1.29, 1.82) is 0 Å². The van der Waals surface area contributed by atoms with Crippen LogP contribution in [0.5, 0.6) is 0 Å². The maximum absolute atomic E-state index is 12.5. The zero-order chi connectivity index (χ0) is 8.85. The monoisotopic (exact) mass is 161 g/mol. The third-order valence-electron chi connectivity index (χ3n) is 2.27. The first-order valence-corrected chi connectivity index (χ1v) is 4.60. The van der Waals surface area contributed by atoms with E-state index in [9.17, 15) is 4.48 Å². The number of hydrogen-bond acceptors (Lipinski definition) is 1. The summed E-state index contributed by atoms with van der Waals surface area (Å²) >= 11 is 0. The van der Waals surface area contributed by atoms with Gasteiger partial charge in [-0.3, -0.25) is 0 Å². The summed E-state index contributed by atoms with van der Waals surface area (Å²) in [6.45, 7) is 6.12. The van der Waals surface area contributed by atoms with Crippen LogP contribution in [0, 0.1) is 5.92 Å². The lowest BCUT2D eigenvalue weighted by Gasteiger charge is -2.18. The van der Waals surface area contributed by atoms with E-state index in [-0.39, 0.29) is 6.04 Å². The van der Waals surface area contributed by atoms with Crippen molar-refractivity contribution in [3.63, 3.8) is 0 Å². The molecule has 68 valence electrons. The molecule has 0 bridgehead atoms. The molecule has 0 spiro atoms. The topological polar surface area (TPSA) is 3.24 Å². The van der Waals surface area contributed by atoms with Crippen LogP contribution in [0.2, 0.25) is 0 Å². The normalized spacial score (nSPS) is 30.0. The molecule has 0 aromatic heterocycles. The Morgan fingerprint density at radius 3 is 2.00 bits per heavy atom. The highest BCUT2D eigenvalue weighted by Gasteiger charge is 2.26. The summed E-state index contributed by atoms with van der Waals surface area (Å²) in [4.78, 5) is 0. The zero-order valence-electron chi connectivity index (χ0n) is 8.10. The smallest absolute Gasteiger partial charge is 0.0424 e. The molecule has 1 nitrogen and oxygen atoms in total. The molecule has 0 aliphatic heterocycles. The minimum absolute atomic E-state index is 0.199. The van der Waals surface area contributed by atoms with Gasteiger partial charge in [-0.1, -0.05) is 27.2 Å². The van der Waals surface area contributed by atoms with Crippen LogP contribution >= 0.6 is 0 Å². The van der Waals surface area contributed by atoms with Crippen LogP contribution in [0.15, 0.2) is 0 Å². The summed E-state index contributed by atoms with van der Waals surface area (Å²) in [5.41, 5.74) is 0. The summed E-state index contributed by atoms with van der Waals surface area (Å²) in [6, 6.07) is 0.199. The van der Waals surface area contributed by atoms with Crippen LogP contribution in [0.1, 0.15) is 40.0 Å². The second-order valence-electron chi connectivity index (χ2n) is 3.00. The Hall–Kier alpha value is -0.110. The van der Waals surface area contributed by atoms with Gasteiger partial charge in [0.2, 0.25) is 0 Å². The van der Waals surface area contributed by atoms with E-state index >= 15 is 0 Å². The zero-order valence-corrected chi connectivity index (χ0v) is 8.10. The van der Waals surface area contributed by atoms with E-state index in [1.165, 1.54) is 19.9 Å². The highest BCUT2D eigenvalue weighted by atomic mass is 19.2. The molecule has 0 amide bonds. The van der Waals surface area contributed by atoms with E-state index < -0.39 is 0 Å². The molecule has 0 saturated heterocycles. The van der Waals surface area contributed by atoms with E-state index in [0.717, 1.165) is 11.5 Å². The quantitative estimate of drug-likeness (QED) is 0.534. The molecule has 0 N–H and O–H groups in total. The molecule has 2 heteroatoms. The van der Waals surface area contributed by atoms with Crippen molar-refractivity contribution in [2.75, 3.05) is 7.05 Å². The number of halogens is 1. The second kappa shape index (κ2) is 5.53. The average molecular weight is 161 g/mol. The molecule has 0 aromatic rings. The Bertz CT molecular complexity index is 93.6. The fraction of sp³-hybridized carbons (Fsp3) is 1.00. The highest BCUT2D eigenvalue weighted by Crippen LogP contribution is 2.28. The van der Waals surface area contributed by atoms with Gasteiger partial charge >= 0.3 is 0 Å². The van der Waals surface area contributed by atoms with Crippen LogP contribution in [0.25, 0.3) is 0 Å². The van der Waals surface area contributed by atoms with E-state index in [1.54, 1.807) is 0 Å². The molecule has 1 aliphatic carbocycles. The maximum atomic E-state index is 12.5. The Balaban J connectivity index is 0.000000461. The molecule has 0 heterocycles. The van der Waals surface area contributed by atoms with Crippen molar-refractivity contribution in [3.05, 3.63) is 0 Å². The molecule has 1 saturated carbocycles. The third kappa shape index (κ3) is 3.19. The summed E-state index contributed by atoms with van der Waals surface area (Å²) in [5.74, 6) is 0.556. The number of nitrogens with zero attached hydrogens (tertiary/aromatic N) is 1. The third-order valence-corrected chi connectivity index (χ3v) is 2.27. The van der Waals surface area contributed by atoms with E-state index in [4.69, 9.17) is 0 Å².